The number of rotatable bonds is 12. The summed E-state index contributed by atoms with van der Waals surface area (Å²) in [7, 11) is 0. The van der Waals surface area contributed by atoms with E-state index in [4.69, 9.17) is 0 Å². The lowest BCUT2D eigenvalue weighted by molar-refractivity contribution is 1.18. The first-order valence-electron chi connectivity index (χ1n) is 27.5. The van der Waals surface area contributed by atoms with Crippen molar-refractivity contribution in [2.24, 2.45) is 0 Å². The van der Waals surface area contributed by atoms with Gasteiger partial charge in [0.15, 0.2) is 0 Å². The Morgan fingerprint density at radius 2 is 0.537 bits per heavy atom. The zero-order valence-corrected chi connectivity index (χ0v) is 44.1. The fraction of sp³-hybridized carbons (Fsp3) is 0. The molecule has 0 radical (unpaired) electrons. The molecule has 1 heterocycles. The number of para-hydroxylation sites is 2. The summed E-state index contributed by atoms with van der Waals surface area (Å²) in [6, 6.07) is 119. The lowest BCUT2D eigenvalue weighted by atomic mass is 9.93. The van der Waals surface area contributed by atoms with Gasteiger partial charge in [-0.1, -0.05) is 224 Å². The topological polar surface area (TPSA) is 8.17 Å². The number of hydrogen-bond donors (Lipinski definition) is 0. The van der Waals surface area contributed by atoms with Crippen molar-refractivity contribution in [1.29, 1.82) is 0 Å². The van der Waals surface area contributed by atoms with Crippen LogP contribution in [0.4, 0.5) is 17.1 Å². The van der Waals surface area contributed by atoms with Gasteiger partial charge in [-0.3, -0.25) is 0 Å². The Hall–Kier alpha value is -10.5. The minimum Gasteiger partial charge on any atom is -0.310 e. The molecule has 14 aromatic rings. The third-order valence-corrected chi connectivity index (χ3v) is 15.5. The monoisotopic (exact) mass is 1020 g/mol. The van der Waals surface area contributed by atoms with Crippen molar-refractivity contribution >= 4 is 38.9 Å². The maximum atomic E-state index is 2.39. The molecule has 2 heteroatoms. The largest absolute Gasteiger partial charge is 0.310 e. The first-order valence-corrected chi connectivity index (χ1v) is 27.5. The van der Waals surface area contributed by atoms with Crippen LogP contribution in [0.15, 0.2) is 328 Å². The average molecular weight is 1020 g/mol. The summed E-state index contributed by atoms with van der Waals surface area (Å²) in [5.74, 6) is 0. The third kappa shape index (κ3) is 9.36. The Labute approximate surface area is 468 Å². The molecular formula is C78H54N2. The molecule has 0 amide bonds. The highest BCUT2D eigenvalue weighted by Crippen LogP contribution is 2.43. The molecule has 13 aromatic carbocycles. The van der Waals surface area contributed by atoms with Crippen LogP contribution in [-0.2, 0) is 0 Å². The van der Waals surface area contributed by atoms with Crippen molar-refractivity contribution in [2.75, 3.05) is 4.90 Å². The maximum Gasteiger partial charge on any atom is 0.0547 e. The van der Waals surface area contributed by atoms with E-state index >= 15 is 0 Å². The number of nitrogens with zero attached hydrogens (tertiary/aromatic N) is 2. The average Bonchev–Trinajstić information content (AvgIpc) is 4.09. The van der Waals surface area contributed by atoms with Gasteiger partial charge in [0.25, 0.3) is 0 Å². The molecule has 0 N–H and O–H groups in total. The van der Waals surface area contributed by atoms with Crippen LogP contribution < -0.4 is 4.90 Å². The summed E-state index contributed by atoms with van der Waals surface area (Å²) in [6.45, 7) is 0. The molecule has 0 bridgehead atoms. The van der Waals surface area contributed by atoms with Gasteiger partial charge in [0.05, 0.1) is 11.0 Å². The summed E-state index contributed by atoms with van der Waals surface area (Å²) in [5, 5.41) is 2.49. The van der Waals surface area contributed by atoms with E-state index in [0.717, 1.165) is 45.0 Å². The first kappa shape index (κ1) is 47.9. The molecule has 0 fully saturated rings. The van der Waals surface area contributed by atoms with Gasteiger partial charge in [-0.05, 0) is 192 Å². The van der Waals surface area contributed by atoms with Crippen LogP contribution in [0.5, 0.6) is 0 Å². The summed E-state index contributed by atoms with van der Waals surface area (Å²) in [6.07, 6.45) is 0. The van der Waals surface area contributed by atoms with Crippen molar-refractivity contribution in [2.45, 2.75) is 0 Å². The Morgan fingerprint density at radius 3 is 1.01 bits per heavy atom. The van der Waals surface area contributed by atoms with Crippen LogP contribution in [0.25, 0.3) is 117 Å². The Bertz CT molecular complexity index is 4180. The zero-order valence-electron chi connectivity index (χ0n) is 44.1. The number of fused-ring (bicyclic) bond motifs is 3. The van der Waals surface area contributed by atoms with Gasteiger partial charge in [-0.2, -0.15) is 0 Å². The second-order valence-electron chi connectivity index (χ2n) is 20.5. The molecule has 0 saturated heterocycles. The van der Waals surface area contributed by atoms with Gasteiger partial charge in [0.1, 0.15) is 0 Å². The Balaban J connectivity index is 0.874. The zero-order chi connectivity index (χ0) is 53.2. The van der Waals surface area contributed by atoms with Crippen molar-refractivity contribution in [1.82, 2.24) is 4.57 Å². The maximum absolute atomic E-state index is 2.39. The second-order valence-corrected chi connectivity index (χ2v) is 20.5. The van der Waals surface area contributed by atoms with E-state index in [1.54, 1.807) is 0 Å². The molecule has 1 aromatic heterocycles. The van der Waals surface area contributed by atoms with Gasteiger partial charge < -0.3 is 9.47 Å². The molecule has 2 nitrogen and oxygen atoms in total. The number of aromatic nitrogens is 1. The SMILES string of the molecule is c1ccc(-c2cc(-c3ccccc3)cc(-c3ccc(N(c4ccc(-c5cc(-c6ccccc6)cc(-c6ccccc6)c5)cc4)c4cccc(-c5cccc(-c6cccc7c6c6ccccc6n7-c6ccccc6)c5)c4)cc3)c2)cc1. The van der Waals surface area contributed by atoms with Crippen molar-refractivity contribution in [3.8, 4) is 94.7 Å². The van der Waals surface area contributed by atoms with Gasteiger partial charge in [0.2, 0.25) is 0 Å². The van der Waals surface area contributed by atoms with Crippen LogP contribution in [0.1, 0.15) is 0 Å². The van der Waals surface area contributed by atoms with Crippen LogP contribution in [0.3, 0.4) is 0 Å². The third-order valence-electron chi connectivity index (χ3n) is 15.5. The molecule has 14 rings (SSSR count). The van der Waals surface area contributed by atoms with Gasteiger partial charge in [-0.15, -0.1) is 0 Å². The predicted octanol–water partition coefficient (Wildman–Crippen LogP) is 21.6. The Morgan fingerprint density at radius 1 is 0.200 bits per heavy atom. The highest BCUT2D eigenvalue weighted by molar-refractivity contribution is 6.16. The molecule has 0 spiro atoms. The van der Waals surface area contributed by atoms with E-state index in [1.165, 1.54) is 88.6 Å². The summed E-state index contributed by atoms with van der Waals surface area (Å²) < 4.78 is 2.39. The fourth-order valence-corrected chi connectivity index (χ4v) is 11.6. The lowest BCUT2D eigenvalue weighted by Crippen LogP contribution is -2.10. The van der Waals surface area contributed by atoms with E-state index in [-0.39, 0.29) is 0 Å². The molecule has 0 atom stereocenters. The molecule has 0 aliphatic heterocycles. The molecule has 0 aliphatic rings. The highest BCUT2D eigenvalue weighted by atomic mass is 15.1. The smallest absolute Gasteiger partial charge is 0.0547 e. The van der Waals surface area contributed by atoms with E-state index in [0.29, 0.717) is 0 Å². The minimum atomic E-state index is 1.06. The minimum absolute atomic E-state index is 1.06. The quantitative estimate of drug-likeness (QED) is 0.118. The van der Waals surface area contributed by atoms with Crippen LogP contribution in [-0.4, -0.2) is 4.57 Å². The van der Waals surface area contributed by atoms with Crippen LogP contribution in [0, 0.1) is 0 Å². The lowest BCUT2D eigenvalue weighted by Gasteiger charge is -2.26. The summed E-state index contributed by atoms with van der Waals surface area (Å²) >= 11 is 0. The number of anilines is 3. The number of benzene rings is 13. The summed E-state index contributed by atoms with van der Waals surface area (Å²) in [4.78, 5) is 2.39. The van der Waals surface area contributed by atoms with Gasteiger partial charge in [-0.25, -0.2) is 0 Å². The van der Waals surface area contributed by atoms with Crippen LogP contribution in [0.2, 0.25) is 0 Å². The second kappa shape index (κ2) is 21.1. The van der Waals surface area contributed by atoms with Crippen LogP contribution >= 0.6 is 0 Å². The van der Waals surface area contributed by atoms with E-state index < -0.39 is 0 Å². The van der Waals surface area contributed by atoms with Crippen molar-refractivity contribution in [3.63, 3.8) is 0 Å². The number of hydrogen-bond acceptors (Lipinski definition) is 1. The van der Waals surface area contributed by atoms with Gasteiger partial charge >= 0.3 is 0 Å². The fourth-order valence-electron chi connectivity index (χ4n) is 11.6. The van der Waals surface area contributed by atoms with Crippen molar-refractivity contribution in [3.05, 3.63) is 328 Å². The normalized spacial score (nSPS) is 11.2. The molecule has 80 heavy (non-hydrogen) atoms. The van der Waals surface area contributed by atoms with Crippen molar-refractivity contribution < 1.29 is 0 Å². The molecule has 0 aliphatic carbocycles. The summed E-state index contributed by atoms with van der Waals surface area (Å²) in [5.41, 5.74) is 25.6. The predicted molar refractivity (Wildman–Crippen MR) is 339 cm³/mol. The molecular weight excluding hydrogens is 965 g/mol. The van der Waals surface area contributed by atoms with E-state index in [2.05, 4.69) is 337 Å². The molecule has 376 valence electrons. The van der Waals surface area contributed by atoms with E-state index in [9.17, 15) is 0 Å². The van der Waals surface area contributed by atoms with E-state index in [1.807, 2.05) is 0 Å². The molecule has 0 saturated carbocycles. The highest BCUT2D eigenvalue weighted by Gasteiger charge is 2.19. The molecule has 0 unspecified atom stereocenters. The van der Waals surface area contributed by atoms with Gasteiger partial charge in [0, 0.05) is 33.5 Å². The Kier molecular flexibility index (Phi) is 12.6. The standard InChI is InChI=1S/C78H54N2/c1-6-21-55(22-7-1)64-48-65(56-23-8-2-9-24-56)51-68(50-64)59-39-43-71(44-40-59)79(72-45-41-60(42-46-72)69-52-66(57-25-10-3-11-26-57)49-67(53-69)58-27-12-4-13-28-58)73-34-19-30-62(54-73)61-29-18-31-63(47-61)74-36-20-38-77-78(74)75-35-16-17-37-76(75)80(77)70-32-14-5-15-33-70/h1-54H. The first-order chi connectivity index (χ1) is 39.6.